The first-order chi connectivity index (χ1) is 9.96. The number of ether oxygens (including phenoxy) is 2. The molecule has 2 rings (SSSR count). The lowest BCUT2D eigenvalue weighted by Crippen LogP contribution is -2.22. The minimum Gasteiger partial charge on any atom is -0.493 e. The van der Waals surface area contributed by atoms with Crippen molar-refractivity contribution in [2.45, 2.75) is 10.8 Å². The van der Waals surface area contributed by atoms with E-state index in [2.05, 4.69) is 20.7 Å². The van der Waals surface area contributed by atoms with Gasteiger partial charge in [-0.3, -0.25) is 0 Å². The predicted molar refractivity (Wildman–Crippen MR) is 85.6 cm³/mol. The molecule has 0 bridgehead atoms. The second kappa shape index (κ2) is 6.78. The smallest absolute Gasteiger partial charge is 0.250 e. The summed E-state index contributed by atoms with van der Waals surface area (Å²) in [6.07, 6.45) is 0. The van der Waals surface area contributed by atoms with Gasteiger partial charge in [0.2, 0.25) is 10.0 Å². The highest BCUT2D eigenvalue weighted by atomic mass is 79.9. The zero-order valence-corrected chi connectivity index (χ0v) is 14.6. The normalized spacial score (nSPS) is 11.4. The maximum atomic E-state index is 12.1. The van der Waals surface area contributed by atoms with Crippen LogP contribution >= 0.6 is 27.3 Å². The van der Waals surface area contributed by atoms with Crippen molar-refractivity contribution < 1.29 is 17.9 Å². The lowest BCUT2D eigenvalue weighted by Gasteiger charge is -2.10. The monoisotopic (exact) mass is 391 g/mol. The number of methoxy groups -OCH3 is 2. The Bertz CT molecular complexity index is 728. The van der Waals surface area contributed by atoms with Gasteiger partial charge in [-0.05, 0) is 45.8 Å². The quantitative estimate of drug-likeness (QED) is 0.821. The molecule has 0 aliphatic carbocycles. The molecule has 21 heavy (non-hydrogen) atoms. The number of hydrogen-bond donors (Lipinski definition) is 1. The van der Waals surface area contributed by atoms with Crippen molar-refractivity contribution >= 4 is 37.3 Å². The average molecular weight is 392 g/mol. The van der Waals surface area contributed by atoms with Crippen molar-refractivity contribution in [3.63, 3.8) is 0 Å². The molecule has 0 unspecified atom stereocenters. The summed E-state index contributed by atoms with van der Waals surface area (Å²) >= 11 is 4.42. The Morgan fingerprint density at radius 3 is 2.43 bits per heavy atom. The van der Waals surface area contributed by atoms with Crippen LogP contribution in [0, 0.1) is 0 Å². The zero-order valence-electron chi connectivity index (χ0n) is 11.4. The summed E-state index contributed by atoms with van der Waals surface area (Å²) < 4.78 is 38.2. The summed E-state index contributed by atoms with van der Waals surface area (Å²) in [7, 11) is -0.419. The van der Waals surface area contributed by atoms with E-state index in [1.807, 2.05) is 0 Å². The van der Waals surface area contributed by atoms with Crippen LogP contribution in [0.4, 0.5) is 0 Å². The number of benzene rings is 1. The number of rotatable bonds is 6. The standard InChI is InChI=1S/C13H14BrNO4S2/c1-18-10-4-3-9(7-11(10)19-2)8-15-21(16,17)13-6-5-12(14)20-13/h3-7,15H,8H2,1-2H3. The number of hydrogen-bond acceptors (Lipinski definition) is 5. The van der Waals surface area contributed by atoms with Gasteiger partial charge < -0.3 is 9.47 Å². The van der Waals surface area contributed by atoms with E-state index in [0.717, 1.165) is 9.35 Å². The summed E-state index contributed by atoms with van der Waals surface area (Å²) in [5.74, 6) is 1.17. The second-order valence-corrected chi connectivity index (χ2v) is 8.53. The SMILES string of the molecule is COc1ccc(CNS(=O)(=O)c2ccc(Br)s2)cc1OC. The Balaban J connectivity index is 2.13. The molecule has 0 amide bonds. The Kier molecular flexibility index (Phi) is 5.26. The minimum absolute atomic E-state index is 0.179. The van der Waals surface area contributed by atoms with Gasteiger partial charge in [-0.2, -0.15) is 0 Å². The van der Waals surface area contributed by atoms with Crippen molar-refractivity contribution in [2.75, 3.05) is 14.2 Å². The van der Waals surface area contributed by atoms with Gasteiger partial charge in [0, 0.05) is 6.54 Å². The molecular weight excluding hydrogens is 378 g/mol. The second-order valence-electron chi connectivity index (χ2n) is 4.07. The third kappa shape index (κ3) is 3.97. The summed E-state index contributed by atoms with van der Waals surface area (Å²) in [5.41, 5.74) is 0.784. The molecule has 0 aliphatic rings. The third-order valence-electron chi connectivity index (χ3n) is 2.73. The first-order valence-electron chi connectivity index (χ1n) is 5.92. The average Bonchev–Trinajstić information content (AvgIpc) is 2.92. The predicted octanol–water partition coefficient (Wildman–Crippen LogP) is 3.01. The fourth-order valence-corrected chi connectivity index (χ4v) is 4.75. The van der Waals surface area contributed by atoms with Gasteiger partial charge in [0.25, 0.3) is 0 Å². The molecule has 1 aromatic carbocycles. The number of halogens is 1. The van der Waals surface area contributed by atoms with Gasteiger partial charge in [0.1, 0.15) is 4.21 Å². The van der Waals surface area contributed by atoms with Crippen molar-refractivity contribution in [3.05, 3.63) is 39.7 Å². The van der Waals surface area contributed by atoms with Crippen LogP contribution in [0.2, 0.25) is 0 Å². The largest absolute Gasteiger partial charge is 0.493 e. The van der Waals surface area contributed by atoms with E-state index >= 15 is 0 Å². The van der Waals surface area contributed by atoms with Gasteiger partial charge in [-0.1, -0.05) is 6.07 Å². The molecular formula is C13H14BrNO4S2. The van der Waals surface area contributed by atoms with E-state index in [0.29, 0.717) is 11.5 Å². The van der Waals surface area contributed by atoms with Crippen LogP contribution < -0.4 is 14.2 Å². The highest BCUT2D eigenvalue weighted by Gasteiger charge is 2.16. The van der Waals surface area contributed by atoms with Crippen LogP contribution in [0.15, 0.2) is 38.3 Å². The van der Waals surface area contributed by atoms with E-state index in [4.69, 9.17) is 9.47 Å². The molecule has 0 spiro atoms. The molecule has 1 heterocycles. The van der Waals surface area contributed by atoms with Gasteiger partial charge in [-0.15, -0.1) is 11.3 Å². The highest BCUT2D eigenvalue weighted by Crippen LogP contribution is 2.28. The lowest BCUT2D eigenvalue weighted by molar-refractivity contribution is 0.354. The molecule has 2 aromatic rings. The third-order valence-corrected chi connectivity index (χ3v) is 6.24. The van der Waals surface area contributed by atoms with E-state index in [1.54, 1.807) is 37.4 Å². The van der Waals surface area contributed by atoms with E-state index < -0.39 is 10.0 Å². The molecule has 1 N–H and O–H groups in total. The molecule has 0 saturated carbocycles. The zero-order chi connectivity index (χ0) is 15.5. The summed E-state index contributed by atoms with van der Waals surface area (Å²) in [5, 5.41) is 0. The lowest BCUT2D eigenvalue weighted by atomic mass is 10.2. The van der Waals surface area contributed by atoms with E-state index in [-0.39, 0.29) is 10.8 Å². The molecule has 0 saturated heterocycles. The fraction of sp³-hybridized carbons (Fsp3) is 0.231. The van der Waals surface area contributed by atoms with Crippen molar-refractivity contribution in [2.24, 2.45) is 0 Å². The van der Waals surface area contributed by atoms with Crippen molar-refractivity contribution in [1.29, 1.82) is 0 Å². The fourth-order valence-electron chi connectivity index (χ4n) is 1.68. The maximum absolute atomic E-state index is 12.1. The molecule has 5 nitrogen and oxygen atoms in total. The van der Waals surface area contributed by atoms with Crippen LogP contribution in [-0.2, 0) is 16.6 Å². The van der Waals surface area contributed by atoms with Crippen LogP contribution in [0.3, 0.4) is 0 Å². The first-order valence-corrected chi connectivity index (χ1v) is 9.01. The Labute approximate surface area is 136 Å². The summed E-state index contributed by atoms with van der Waals surface area (Å²) in [6, 6.07) is 8.53. The molecule has 0 atom stereocenters. The topological polar surface area (TPSA) is 64.6 Å². The van der Waals surface area contributed by atoms with Gasteiger partial charge >= 0.3 is 0 Å². The maximum Gasteiger partial charge on any atom is 0.250 e. The number of thiophene rings is 1. The van der Waals surface area contributed by atoms with Crippen molar-refractivity contribution in [1.82, 2.24) is 4.72 Å². The Hall–Kier alpha value is -1.09. The Morgan fingerprint density at radius 1 is 1.14 bits per heavy atom. The number of sulfonamides is 1. The molecule has 0 radical (unpaired) electrons. The first kappa shape index (κ1) is 16.3. The van der Waals surface area contributed by atoms with Crippen LogP contribution in [-0.4, -0.2) is 22.6 Å². The van der Waals surface area contributed by atoms with E-state index in [9.17, 15) is 8.42 Å². The molecule has 0 aliphatic heterocycles. The van der Waals surface area contributed by atoms with Crippen molar-refractivity contribution in [3.8, 4) is 11.5 Å². The van der Waals surface area contributed by atoms with E-state index in [1.165, 1.54) is 18.4 Å². The molecule has 114 valence electrons. The molecule has 0 fully saturated rings. The Morgan fingerprint density at radius 2 is 1.86 bits per heavy atom. The molecule has 8 heteroatoms. The van der Waals surface area contributed by atoms with Gasteiger partial charge in [-0.25, -0.2) is 13.1 Å². The summed E-state index contributed by atoms with van der Waals surface area (Å²) in [6.45, 7) is 0.179. The van der Waals surface area contributed by atoms with Crippen LogP contribution in [0.5, 0.6) is 11.5 Å². The highest BCUT2D eigenvalue weighted by molar-refractivity contribution is 9.11. The van der Waals surface area contributed by atoms with Crippen LogP contribution in [0.1, 0.15) is 5.56 Å². The summed E-state index contributed by atoms with van der Waals surface area (Å²) in [4.78, 5) is 0. The van der Waals surface area contributed by atoms with Gasteiger partial charge in [0.15, 0.2) is 11.5 Å². The number of nitrogens with one attached hydrogen (secondary N) is 1. The minimum atomic E-state index is -3.51. The molecule has 1 aromatic heterocycles. The van der Waals surface area contributed by atoms with Crippen LogP contribution in [0.25, 0.3) is 0 Å². The van der Waals surface area contributed by atoms with Gasteiger partial charge in [0.05, 0.1) is 18.0 Å².